The summed E-state index contributed by atoms with van der Waals surface area (Å²) in [5.41, 5.74) is 8.96. The lowest BCUT2D eigenvalue weighted by molar-refractivity contribution is -0.868. The van der Waals surface area contributed by atoms with E-state index in [0.717, 1.165) is 50.9 Å². The first kappa shape index (κ1) is 54.9. The summed E-state index contributed by atoms with van der Waals surface area (Å²) in [5.74, 6) is 0.754. The lowest BCUT2D eigenvalue weighted by Crippen LogP contribution is -2.37. The molecule has 0 aliphatic heterocycles. The third kappa shape index (κ3) is 35.0. The lowest BCUT2D eigenvalue weighted by atomic mass is 10.1. The summed E-state index contributed by atoms with van der Waals surface area (Å²) >= 11 is 0. The van der Waals surface area contributed by atoms with Gasteiger partial charge in [0.1, 0.15) is 7.60 Å². The number of aromatic nitrogens is 3. The molecule has 0 spiro atoms. The molecule has 3 unspecified atom stereocenters. The van der Waals surface area contributed by atoms with Gasteiger partial charge < -0.3 is 27.9 Å². The van der Waals surface area contributed by atoms with E-state index in [1.54, 1.807) is 14.2 Å². The second-order valence-electron chi connectivity index (χ2n) is 11.4. The fourth-order valence-corrected chi connectivity index (χ4v) is 5.08. The molecule has 0 bridgehead atoms. The molecule has 0 saturated heterocycles. The van der Waals surface area contributed by atoms with Crippen molar-refractivity contribution in [2.75, 3.05) is 74.4 Å². The standard InChI is InChI=1S/C21H43N4O4P.C5H11N3O.5CH4/c1-20(19-28-5)17-24-18-21(22-23-24)13-11-9-7-6-8-10-12-15-29-30(26,27)16-14-25(2,3)4;1-5(4-9-2)3-7-8-6;;;;;/h18,20H,6-17,19H2,1-5H3;5H,3-4H2,1-2H3;5*1H4. The molecule has 0 aliphatic rings. The van der Waals surface area contributed by atoms with E-state index >= 15 is 0 Å². The number of hydrogen-bond acceptors (Lipinski definition) is 8. The van der Waals surface area contributed by atoms with Crippen molar-refractivity contribution in [2.45, 2.75) is 109 Å². The van der Waals surface area contributed by atoms with Crippen LogP contribution in [0.1, 0.15) is 102 Å². The first-order valence-electron chi connectivity index (χ1n) is 14.0. The molecule has 1 aromatic rings. The average molecular weight is 656 g/mol. The third-order valence-corrected chi connectivity index (χ3v) is 7.18. The SMILES string of the molecule is C.C.C.C.C.COCC(C)CN=[N+]=[N-].COCC(C)Cn1cc(CCCCCCCCCOP(=O)([O-])CC[N+](C)(C)C)nn1. The van der Waals surface area contributed by atoms with Crippen molar-refractivity contribution in [1.29, 1.82) is 0 Å². The van der Waals surface area contributed by atoms with Gasteiger partial charge in [-0.2, -0.15) is 0 Å². The number of ether oxygens (including phenoxy) is 2. The van der Waals surface area contributed by atoms with E-state index < -0.39 is 7.60 Å². The van der Waals surface area contributed by atoms with Gasteiger partial charge in [-0.25, -0.2) is 0 Å². The fraction of sp³-hybridized carbons (Fsp3) is 0.935. The van der Waals surface area contributed by atoms with Gasteiger partial charge in [0.05, 0.1) is 52.8 Å². The van der Waals surface area contributed by atoms with Crippen molar-refractivity contribution in [1.82, 2.24) is 15.0 Å². The summed E-state index contributed by atoms with van der Waals surface area (Å²) < 4.78 is 29.5. The van der Waals surface area contributed by atoms with Crippen molar-refractivity contribution < 1.29 is 27.9 Å². The van der Waals surface area contributed by atoms with Crippen molar-refractivity contribution in [2.24, 2.45) is 17.0 Å². The van der Waals surface area contributed by atoms with Gasteiger partial charge in [0.2, 0.25) is 0 Å². The van der Waals surface area contributed by atoms with E-state index in [0.29, 0.717) is 42.6 Å². The van der Waals surface area contributed by atoms with Crippen LogP contribution in [-0.4, -0.2) is 93.9 Å². The summed E-state index contributed by atoms with van der Waals surface area (Å²) in [6.07, 6.45) is 10.8. The number of quaternary nitrogens is 1. The molecule has 1 aromatic heterocycles. The molecule has 0 amide bonds. The molecule has 0 radical (unpaired) electrons. The van der Waals surface area contributed by atoms with Gasteiger partial charge in [-0.3, -0.25) is 4.68 Å². The highest BCUT2D eigenvalue weighted by Gasteiger charge is 2.15. The molecule has 44 heavy (non-hydrogen) atoms. The normalized spacial score (nSPS) is 12.9. The van der Waals surface area contributed by atoms with E-state index in [1.807, 2.05) is 38.9 Å². The highest BCUT2D eigenvalue weighted by molar-refractivity contribution is 7.51. The maximum atomic E-state index is 11.9. The summed E-state index contributed by atoms with van der Waals surface area (Å²) in [6, 6.07) is 0. The van der Waals surface area contributed by atoms with Gasteiger partial charge in [-0.1, -0.05) is 93.4 Å². The molecule has 3 atom stereocenters. The summed E-state index contributed by atoms with van der Waals surface area (Å²) in [5, 5.41) is 11.8. The Morgan fingerprint density at radius 3 is 2.00 bits per heavy atom. The zero-order chi connectivity index (χ0) is 29.6. The molecule has 1 heterocycles. The second-order valence-corrected chi connectivity index (χ2v) is 13.3. The van der Waals surface area contributed by atoms with Crippen molar-refractivity contribution in [3.05, 3.63) is 22.3 Å². The average Bonchev–Trinajstić information content (AvgIpc) is 3.30. The van der Waals surface area contributed by atoms with Gasteiger partial charge in [0, 0.05) is 45.0 Å². The Kier molecular flexibility index (Phi) is 41.0. The third-order valence-electron chi connectivity index (χ3n) is 5.85. The smallest absolute Gasteiger partial charge is 0.140 e. The highest BCUT2D eigenvalue weighted by atomic mass is 31.2. The first-order valence-corrected chi connectivity index (χ1v) is 15.8. The number of aryl methyl sites for hydroxylation is 1. The largest absolute Gasteiger partial charge is 0.778 e. The molecule has 268 valence electrons. The summed E-state index contributed by atoms with van der Waals surface area (Å²) in [4.78, 5) is 14.5. The number of hydrogen-bond donors (Lipinski definition) is 0. The van der Waals surface area contributed by atoms with Crippen LogP contribution in [0.2, 0.25) is 0 Å². The monoisotopic (exact) mass is 656 g/mol. The molecule has 0 N–H and O–H groups in total. The Labute approximate surface area is 273 Å². The fourth-order valence-electron chi connectivity index (χ4n) is 3.69. The van der Waals surface area contributed by atoms with E-state index in [1.165, 1.54) is 19.3 Å². The van der Waals surface area contributed by atoms with Crippen LogP contribution in [-0.2, 0) is 31.5 Å². The topological polar surface area (TPSA) is 147 Å². The predicted molar refractivity (Wildman–Crippen MR) is 187 cm³/mol. The van der Waals surface area contributed by atoms with Gasteiger partial charge in [0.25, 0.3) is 0 Å². The number of methoxy groups -OCH3 is 2. The van der Waals surface area contributed by atoms with Crippen molar-refractivity contribution in [3.8, 4) is 0 Å². The number of nitrogens with zero attached hydrogens (tertiary/aromatic N) is 7. The molecule has 0 aromatic carbocycles. The molecule has 0 fully saturated rings. The highest BCUT2D eigenvalue weighted by Crippen LogP contribution is 2.36. The van der Waals surface area contributed by atoms with Crippen LogP contribution in [0.3, 0.4) is 0 Å². The molecular weight excluding hydrogens is 581 g/mol. The molecule has 0 aliphatic carbocycles. The molecule has 1 rings (SSSR count). The minimum absolute atomic E-state index is 0. The Morgan fingerprint density at radius 1 is 0.955 bits per heavy atom. The van der Waals surface area contributed by atoms with Crippen LogP contribution in [0, 0.1) is 11.8 Å². The van der Waals surface area contributed by atoms with Gasteiger partial charge in [0.15, 0.2) is 0 Å². The van der Waals surface area contributed by atoms with E-state index in [9.17, 15) is 9.46 Å². The molecule has 0 saturated carbocycles. The van der Waals surface area contributed by atoms with E-state index in [4.69, 9.17) is 19.5 Å². The quantitative estimate of drug-likeness (QED) is 0.0308. The van der Waals surface area contributed by atoms with Crippen LogP contribution < -0.4 is 4.89 Å². The van der Waals surface area contributed by atoms with Gasteiger partial charge >= 0.3 is 0 Å². The maximum Gasteiger partial charge on any atom is 0.140 e. The Balaban J connectivity index is -0.000000225. The minimum Gasteiger partial charge on any atom is -0.778 e. The second kappa shape index (κ2) is 32.9. The van der Waals surface area contributed by atoms with Crippen LogP contribution in [0.25, 0.3) is 10.4 Å². The maximum absolute atomic E-state index is 11.9. The number of azide groups is 1. The number of unbranched alkanes of at least 4 members (excludes halogenated alkanes) is 6. The summed E-state index contributed by atoms with van der Waals surface area (Å²) in [6.45, 7) is 7.74. The Bertz CT molecular complexity index is 831. The van der Waals surface area contributed by atoms with Crippen LogP contribution in [0.5, 0.6) is 0 Å². The van der Waals surface area contributed by atoms with Crippen LogP contribution in [0.4, 0.5) is 0 Å². The Hall–Kier alpha value is -1.52. The van der Waals surface area contributed by atoms with E-state index in [-0.39, 0.29) is 43.3 Å². The van der Waals surface area contributed by atoms with E-state index in [2.05, 4.69) is 27.3 Å². The molecule has 12 nitrogen and oxygen atoms in total. The predicted octanol–water partition coefficient (Wildman–Crippen LogP) is 7.87. The van der Waals surface area contributed by atoms with Crippen LogP contribution in [0.15, 0.2) is 11.3 Å². The number of rotatable bonds is 22. The van der Waals surface area contributed by atoms with Crippen molar-refractivity contribution in [3.63, 3.8) is 0 Å². The van der Waals surface area contributed by atoms with Crippen LogP contribution >= 0.6 is 7.60 Å². The van der Waals surface area contributed by atoms with Crippen molar-refractivity contribution >= 4 is 7.60 Å². The minimum atomic E-state index is -3.68. The first-order chi connectivity index (χ1) is 18.4. The zero-order valence-electron chi connectivity index (χ0n) is 25.5. The zero-order valence-corrected chi connectivity index (χ0v) is 26.4. The molecular formula is C31H74N7O5P. The van der Waals surface area contributed by atoms with Gasteiger partial charge in [-0.15, -0.1) is 5.10 Å². The van der Waals surface area contributed by atoms with Gasteiger partial charge in [-0.05, 0) is 36.6 Å². The Morgan fingerprint density at radius 2 is 1.48 bits per heavy atom. The lowest BCUT2D eigenvalue weighted by Gasteiger charge is -2.29. The summed E-state index contributed by atoms with van der Waals surface area (Å²) in [7, 11) is 5.61. The molecule has 13 heteroatoms.